The Balaban J connectivity index is 1.59. The van der Waals surface area contributed by atoms with E-state index in [0.717, 1.165) is 46.2 Å². The molecule has 178 valence electrons. The molecule has 4 rings (SSSR count). The number of anilines is 1. The minimum Gasteiger partial charge on any atom is -0.0556 e. The predicted molar refractivity (Wildman–Crippen MR) is 149 cm³/mol. The number of nitrogens with zero attached hydrogens (tertiary/aromatic N) is 2. The molecule has 35 heavy (non-hydrogen) atoms. The Morgan fingerprint density at radius 3 is 2.69 bits per heavy atom. The van der Waals surface area contributed by atoms with E-state index in [2.05, 4.69) is 43.0 Å². The third kappa shape index (κ3) is 6.10. The van der Waals surface area contributed by atoms with Gasteiger partial charge in [-0.3, -0.25) is 4.79 Å². The number of aryl methyl sites for hydroxylation is 2. The van der Waals surface area contributed by atoms with Crippen molar-refractivity contribution in [3.63, 3.8) is 0 Å². The number of amides is 1. The van der Waals surface area contributed by atoms with Crippen molar-refractivity contribution in [3.05, 3.63) is 81.2 Å². The molecule has 0 saturated carbocycles. The summed E-state index contributed by atoms with van der Waals surface area (Å²) in [5, 5.41) is 19.1. The van der Waals surface area contributed by atoms with Crippen LogP contribution in [0.3, 0.4) is 0 Å². The number of carbonyl (C=O) groups is 1. The van der Waals surface area contributed by atoms with Crippen LogP contribution in [0.15, 0.2) is 54.0 Å². The van der Waals surface area contributed by atoms with Gasteiger partial charge in [-0.15, -0.1) is 0 Å². The van der Waals surface area contributed by atoms with Crippen LogP contribution in [0.1, 0.15) is 31.9 Å². The summed E-state index contributed by atoms with van der Waals surface area (Å²) < 4.78 is 1.38. The summed E-state index contributed by atoms with van der Waals surface area (Å²) in [5.74, 6) is -0.230. The van der Waals surface area contributed by atoms with Crippen LogP contribution in [0.2, 0.25) is 14.3 Å². The van der Waals surface area contributed by atoms with Crippen molar-refractivity contribution in [3.8, 4) is 17.2 Å². The number of aromatic nitrogens is 1. The van der Waals surface area contributed by atoms with Crippen LogP contribution in [0.4, 0.5) is 5.69 Å². The second-order valence-electron chi connectivity index (χ2n) is 9.32. The number of hydrogen-bond donors (Lipinski definition) is 2. The Morgan fingerprint density at radius 1 is 1.11 bits per heavy atom. The van der Waals surface area contributed by atoms with Crippen molar-refractivity contribution in [2.45, 2.75) is 34.7 Å². The van der Waals surface area contributed by atoms with Crippen LogP contribution in [-0.2, 0) is 6.54 Å². The number of fused-ring (bicyclic) bond motifs is 1. The number of hydrogen-bond acceptors (Lipinski definition) is 5. The molecule has 0 spiro atoms. The molecule has 0 aliphatic carbocycles. The molecular formula is C28H30N4OSSn. The van der Waals surface area contributed by atoms with E-state index < -0.39 is 19.8 Å². The molecule has 2 N–H and O–H groups in total. The SMILES string of the molecule is Cc1ccc(C(=O)Nc2c(C#N)cnc3cc(-c4csc(CNC[CH2][SnH]([CH3])[CH3])c4)ccc23)c(C)c1. The van der Waals surface area contributed by atoms with Crippen molar-refractivity contribution in [1.29, 1.82) is 5.26 Å². The quantitative estimate of drug-likeness (QED) is 0.187. The molecule has 1 amide bonds. The van der Waals surface area contributed by atoms with Gasteiger partial charge in [0.1, 0.15) is 6.07 Å². The van der Waals surface area contributed by atoms with E-state index in [1.54, 1.807) is 11.3 Å². The maximum absolute atomic E-state index is 13.1. The van der Waals surface area contributed by atoms with Crippen LogP contribution in [0, 0.1) is 25.2 Å². The zero-order valence-corrected chi connectivity index (χ0v) is 24.7. The second kappa shape index (κ2) is 11.3. The maximum atomic E-state index is 13.1. The number of pyridine rings is 1. The number of nitriles is 1. The van der Waals surface area contributed by atoms with Gasteiger partial charge in [-0.25, -0.2) is 0 Å². The zero-order valence-electron chi connectivity index (χ0n) is 20.6. The average Bonchev–Trinajstić information content (AvgIpc) is 3.30. The summed E-state index contributed by atoms with van der Waals surface area (Å²) >= 11 is 0.618. The fraction of sp³-hybridized carbons (Fsp3) is 0.250. The number of nitrogens with one attached hydrogen (secondary N) is 2. The van der Waals surface area contributed by atoms with Gasteiger partial charge in [0.2, 0.25) is 0 Å². The van der Waals surface area contributed by atoms with Crippen molar-refractivity contribution >= 4 is 53.6 Å². The van der Waals surface area contributed by atoms with Gasteiger partial charge in [0.25, 0.3) is 5.91 Å². The van der Waals surface area contributed by atoms with Gasteiger partial charge in [-0.05, 0) is 25.5 Å². The first-order valence-electron chi connectivity index (χ1n) is 11.9. The van der Waals surface area contributed by atoms with Crippen molar-refractivity contribution < 1.29 is 4.79 Å². The van der Waals surface area contributed by atoms with Gasteiger partial charge in [-0.1, -0.05) is 17.7 Å². The topological polar surface area (TPSA) is 77.8 Å². The van der Waals surface area contributed by atoms with Gasteiger partial charge < -0.3 is 5.32 Å². The minimum absolute atomic E-state index is 0.230. The molecule has 0 atom stereocenters. The van der Waals surface area contributed by atoms with Crippen LogP contribution in [-0.4, -0.2) is 37.2 Å². The smallest absolute Gasteiger partial charge is 0.0381 e. The zero-order chi connectivity index (χ0) is 24.9. The molecule has 0 fully saturated rings. The summed E-state index contributed by atoms with van der Waals surface area (Å²) in [6, 6.07) is 16.1. The Hall–Kier alpha value is -2.73. The standard InChI is InChI=1S/C26H23N4OS.2CH3.Sn.H/c1-4-28-14-21-10-19(15-32-21)18-6-8-23-24(11-18)29-13-20(12-27)25(23)30-26(31)22-7-5-16(2)9-17(22)3;;;;/h5-11,13,15,28H,1,4,14H2,2-3H3,(H,29,30,31);2*1H3;;. The third-order valence-corrected chi connectivity index (χ3v) is 11.1. The fourth-order valence-corrected chi connectivity index (χ4v) is 7.16. The summed E-state index contributed by atoms with van der Waals surface area (Å²) in [6.45, 7) is 5.92. The summed E-state index contributed by atoms with van der Waals surface area (Å²) in [7, 11) is 0. The first-order chi connectivity index (χ1) is 16.9. The predicted octanol–water partition coefficient (Wildman–Crippen LogP) is 6.28. The Bertz CT molecular complexity index is 1420. The van der Waals surface area contributed by atoms with Crippen LogP contribution >= 0.6 is 11.3 Å². The second-order valence-corrected chi connectivity index (χ2v) is 19.9. The molecule has 0 unspecified atom stereocenters. The van der Waals surface area contributed by atoms with Gasteiger partial charge >= 0.3 is 137 Å². The van der Waals surface area contributed by atoms with E-state index in [1.807, 2.05) is 50.2 Å². The molecule has 0 radical (unpaired) electrons. The number of thiophene rings is 1. The number of carbonyl (C=O) groups excluding carboxylic acids is 1. The van der Waals surface area contributed by atoms with Gasteiger partial charge in [0, 0.05) is 5.56 Å². The van der Waals surface area contributed by atoms with E-state index in [9.17, 15) is 10.1 Å². The monoisotopic (exact) mass is 590 g/mol. The molecule has 4 aromatic rings. The molecule has 2 aromatic heterocycles. The van der Waals surface area contributed by atoms with Gasteiger partial charge in [0.15, 0.2) is 0 Å². The van der Waals surface area contributed by atoms with E-state index in [0.29, 0.717) is 16.8 Å². The Labute approximate surface area is 218 Å². The molecular weight excluding hydrogens is 559 g/mol. The maximum Gasteiger partial charge on any atom is -0.0381 e. The third-order valence-electron chi connectivity index (χ3n) is 6.04. The largest absolute Gasteiger partial charge is 0.0556 e. The summed E-state index contributed by atoms with van der Waals surface area (Å²) in [4.78, 5) is 23.8. The molecule has 0 saturated heterocycles. The minimum atomic E-state index is -1.14. The molecule has 2 heterocycles. The number of rotatable bonds is 8. The van der Waals surface area contributed by atoms with Crippen LogP contribution in [0.5, 0.6) is 0 Å². The first kappa shape index (κ1) is 25.4. The molecule has 7 heteroatoms. The normalized spacial score (nSPS) is 11.1. The van der Waals surface area contributed by atoms with E-state index in [4.69, 9.17) is 0 Å². The van der Waals surface area contributed by atoms with Crippen LogP contribution < -0.4 is 10.6 Å². The summed E-state index contributed by atoms with van der Waals surface area (Å²) in [6.07, 6.45) is 1.53. The Morgan fingerprint density at radius 2 is 1.94 bits per heavy atom. The van der Waals surface area contributed by atoms with Crippen molar-refractivity contribution in [1.82, 2.24) is 10.3 Å². The first-order valence-corrected chi connectivity index (χ1v) is 21.7. The number of benzene rings is 2. The molecule has 0 bridgehead atoms. The fourth-order valence-electron chi connectivity index (χ4n) is 4.07. The molecule has 2 aromatic carbocycles. The van der Waals surface area contributed by atoms with Crippen molar-refractivity contribution in [2.75, 3.05) is 11.9 Å². The Kier molecular flexibility index (Phi) is 8.22. The van der Waals surface area contributed by atoms with Crippen molar-refractivity contribution in [2.24, 2.45) is 0 Å². The summed E-state index contributed by atoms with van der Waals surface area (Å²) in [5.41, 5.74) is 6.41. The van der Waals surface area contributed by atoms with Gasteiger partial charge in [0.05, 0.1) is 5.56 Å². The van der Waals surface area contributed by atoms with E-state index in [1.165, 1.54) is 15.5 Å². The van der Waals surface area contributed by atoms with E-state index >= 15 is 0 Å². The van der Waals surface area contributed by atoms with Crippen LogP contribution in [0.25, 0.3) is 22.0 Å². The molecule has 0 aliphatic heterocycles. The van der Waals surface area contributed by atoms with Gasteiger partial charge in [-0.2, -0.15) is 5.26 Å². The molecule has 5 nitrogen and oxygen atoms in total. The molecule has 0 aliphatic rings. The average molecular weight is 589 g/mol. The van der Waals surface area contributed by atoms with E-state index in [-0.39, 0.29) is 5.91 Å².